The average molecular weight is 536 g/mol. The van der Waals surface area contributed by atoms with Gasteiger partial charge in [0.05, 0.1) is 31.9 Å². The summed E-state index contributed by atoms with van der Waals surface area (Å²) >= 11 is 0. The number of piperidine rings is 1. The minimum absolute atomic E-state index is 0.0768. The van der Waals surface area contributed by atoms with E-state index in [1.807, 2.05) is 0 Å². The average Bonchev–Trinajstić information content (AvgIpc) is 3.58. The summed E-state index contributed by atoms with van der Waals surface area (Å²) in [4.78, 5) is 18.0. The fraction of sp³-hybridized carbons (Fsp3) is 0.524. The monoisotopic (exact) mass is 535 g/mol. The van der Waals surface area contributed by atoms with Crippen molar-refractivity contribution in [3.05, 3.63) is 30.4 Å². The molecule has 3 aromatic rings. The smallest absolute Gasteiger partial charge is 0.245 e. The first kappa shape index (κ1) is 25.0. The first-order chi connectivity index (χ1) is 17.9. The largest absolute Gasteiger partial charge is 0.479 e. The molecule has 2 aliphatic rings. The maximum atomic E-state index is 13.6. The molecule has 2 fully saturated rings. The summed E-state index contributed by atoms with van der Waals surface area (Å²) in [5.41, 5.74) is 0.241. The van der Waals surface area contributed by atoms with Crippen LogP contribution < -0.4 is 19.1 Å². The van der Waals surface area contributed by atoms with Crippen LogP contribution in [0.15, 0.2) is 18.7 Å². The fourth-order valence-electron chi connectivity index (χ4n) is 4.46. The molecular formula is C21H26FN9O5S. The van der Waals surface area contributed by atoms with E-state index in [0.717, 1.165) is 18.8 Å². The third-order valence-electron chi connectivity index (χ3n) is 6.21. The number of anilines is 2. The summed E-state index contributed by atoms with van der Waals surface area (Å²) in [5, 5.41) is 7.59. The number of sulfonamides is 1. The Labute approximate surface area is 212 Å². The van der Waals surface area contributed by atoms with Crippen molar-refractivity contribution in [2.24, 2.45) is 0 Å². The summed E-state index contributed by atoms with van der Waals surface area (Å²) in [7, 11) is -1.11. The Morgan fingerprint density at radius 2 is 1.78 bits per heavy atom. The molecule has 5 rings (SSSR count). The number of rotatable bonds is 8. The Hall–Kier alpha value is -3.66. The number of methoxy groups -OCH3 is 2. The number of nitrogens with zero attached hydrogens (tertiary/aromatic N) is 8. The SMILES string of the molecule is COc1ncnc(OC)c1-n1c(NS(=O)(=O)[C@H]2CCCN(c3ncc(F)cn3)C2)nnc1[C@@H]1CCCO1. The molecule has 5 heterocycles. The van der Waals surface area contributed by atoms with E-state index in [2.05, 4.69) is 34.9 Å². The van der Waals surface area contributed by atoms with Gasteiger partial charge in [0.15, 0.2) is 17.3 Å². The molecule has 2 saturated heterocycles. The Morgan fingerprint density at radius 1 is 1.05 bits per heavy atom. The minimum Gasteiger partial charge on any atom is -0.479 e. The lowest BCUT2D eigenvalue weighted by Gasteiger charge is -2.32. The molecule has 0 radical (unpaired) electrons. The van der Waals surface area contributed by atoms with E-state index in [1.165, 1.54) is 25.1 Å². The lowest BCUT2D eigenvalue weighted by molar-refractivity contribution is 0.103. The van der Waals surface area contributed by atoms with Gasteiger partial charge in [-0.1, -0.05) is 0 Å². The summed E-state index contributed by atoms with van der Waals surface area (Å²) in [6.07, 6.45) is 5.44. The zero-order valence-electron chi connectivity index (χ0n) is 20.2. The van der Waals surface area contributed by atoms with Crippen LogP contribution in [0.25, 0.3) is 5.69 Å². The molecule has 37 heavy (non-hydrogen) atoms. The molecule has 0 aliphatic carbocycles. The van der Waals surface area contributed by atoms with Gasteiger partial charge in [-0.25, -0.2) is 22.8 Å². The number of nitrogens with one attached hydrogen (secondary N) is 1. The van der Waals surface area contributed by atoms with Gasteiger partial charge < -0.3 is 19.1 Å². The van der Waals surface area contributed by atoms with E-state index in [4.69, 9.17) is 14.2 Å². The first-order valence-electron chi connectivity index (χ1n) is 11.7. The van der Waals surface area contributed by atoms with Gasteiger partial charge in [-0.3, -0.25) is 9.29 Å². The van der Waals surface area contributed by atoms with Crippen molar-refractivity contribution in [3.8, 4) is 17.4 Å². The van der Waals surface area contributed by atoms with Gasteiger partial charge in [0, 0.05) is 19.7 Å². The molecule has 0 spiro atoms. The summed E-state index contributed by atoms with van der Waals surface area (Å²) in [6.45, 7) is 1.21. The van der Waals surface area contributed by atoms with Crippen molar-refractivity contribution in [1.82, 2.24) is 34.7 Å². The van der Waals surface area contributed by atoms with E-state index in [1.54, 1.807) is 4.90 Å². The molecular weight excluding hydrogens is 509 g/mol. The van der Waals surface area contributed by atoms with Crippen LogP contribution in [-0.2, 0) is 14.8 Å². The Bertz CT molecular complexity index is 1330. The molecule has 198 valence electrons. The number of hydrogen-bond donors (Lipinski definition) is 1. The highest BCUT2D eigenvalue weighted by atomic mass is 32.2. The lowest BCUT2D eigenvalue weighted by atomic mass is 10.1. The predicted octanol–water partition coefficient (Wildman–Crippen LogP) is 1.27. The van der Waals surface area contributed by atoms with Crippen LogP contribution in [0.2, 0.25) is 0 Å². The normalized spacial score (nSPS) is 20.1. The lowest BCUT2D eigenvalue weighted by Crippen LogP contribution is -2.45. The highest BCUT2D eigenvalue weighted by Crippen LogP contribution is 2.37. The summed E-state index contributed by atoms with van der Waals surface area (Å²) in [6, 6.07) is 0. The number of hydrogen-bond acceptors (Lipinski definition) is 12. The molecule has 3 aromatic heterocycles. The number of halogens is 1. The van der Waals surface area contributed by atoms with Gasteiger partial charge in [0.25, 0.3) is 0 Å². The van der Waals surface area contributed by atoms with Crippen LogP contribution >= 0.6 is 0 Å². The second-order valence-electron chi connectivity index (χ2n) is 8.52. The molecule has 16 heteroatoms. The standard InChI is InChI=1S/C21H26FN9O5S/c1-34-18-16(19(35-2)26-12-25-18)31-17(15-6-4-8-36-15)27-28-21(31)29-37(32,33)14-5-3-7-30(11-14)20-23-9-13(22)10-24-20/h9-10,12,14-15H,3-8,11H2,1-2H3,(H,28,29)/t14-,15-/m0/s1. The third kappa shape index (κ3) is 4.98. The third-order valence-corrected chi connectivity index (χ3v) is 7.94. The van der Waals surface area contributed by atoms with Crippen molar-refractivity contribution < 1.29 is 27.0 Å². The van der Waals surface area contributed by atoms with Crippen molar-refractivity contribution in [1.29, 1.82) is 0 Å². The quantitative estimate of drug-likeness (QED) is 0.441. The second-order valence-corrected chi connectivity index (χ2v) is 10.5. The molecule has 0 unspecified atom stereocenters. The summed E-state index contributed by atoms with van der Waals surface area (Å²) < 4.78 is 61.1. The van der Waals surface area contributed by atoms with Gasteiger partial charge in [-0.15, -0.1) is 10.2 Å². The van der Waals surface area contributed by atoms with Crippen LogP contribution in [0.4, 0.5) is 16.3 Å². The van der Waals surface area contributed by atoms with Crippen LogP contribution in [-0.4, -0.2) is 82.3 Å². The molecule has 0 aromatic carbocycles. The van der Waals surface area contributed by atoms with E-state index >= 15 is 0 Å². The molecule has 0 bridgehead atoms. The zero-order valence-corrected chi connectivity index (χ0v) is 21.1. The topological polar surface area (TPSA) is 159 Å². The molecule has 2 atom stereocenters. The van der Waals surface area contributed by atoms with Crippen LogP contribution in [0, 0.1) is 5.82 Å². The minimum atomic E-state index is -3.97. The van der Waals surface area contributed by atoms with Crippen LogP contribution in [0.3, 0.4) is 0 Å². The maximum absolute atomic E-state index is 13.6. The second kappa shape index (κ2) is 10.4. The molecule has 2 aliphatic heterocycles. The van der Waals surface area contributed by atoms with Crippen molar-refractivity contribution >= 4 is 21.9 Å². The first-order valence-corrected chi connectivity index (χ1v) is 13.2. The van der Waals surface area contributed by atoms with Crippen molar-refractivity contribution in [3.63, 3.8) is 0 Å². The molecule has 0 saturated carbocycles. The molecule has 14 nitrogen and oxygen atoms in total. The molecule has 0 amide bonds. The van der Waals surface area contributed by atoms with Crippen LogP contribution in [0.5, 0.6) is 11.8 Å². The molecule has 1 N–H and O–H groups in total. The van der Waals surface area contributed by atoms with Gasteiger partial charge >= 0.3 is 0 Å². The zero-order chi connectivity index (χ0) is 26.0. The summed E-state index contributed by atoms with van der Waals surface area (Å²) in [5.74, 6) is 0.274. The number of aromatic nitrogens is 7. The fourth-order valence-corrected chi connectivity index (χ4v) is 5.87. The highest BCUT2D eigenvalue weighted by molar-refractivity contribution is 7.93. The predicted molar refractivity (Wildman–Crippen MR) is 128 cm³/mol. The van der Waals surface area contributed by atoms with Gasteiger partial charge in [-0.2, -0.15) is 9.97 Å². The van der Waals surface area contributed by atoms with Gasteiger partial charge in [-0.05, 0) is 25.7 Å². The van der Waals surface area contributed by atoms with Gasteiger partial charge in [0.1, 0.15) is 12.4 Å². The highest BCUT2D eigenvalue weighted by Gasteiger charge is 2.36. The van der Waals surface area contributed by atoms with Crippen molar-refractivity contribution in [2.75, 3.05) is 43.5 Å². The van der Waals surface area contributed by atoms with E-state index in [9.17, 15) is 12.8 Å². The van der Waals surface area contributed by atoms with Gasteiger partial charge in [0.2, 0.25) is 33.7 Å². The van der Waals surface area contributed by atoms with Crippen molar-refractivity contribution in [2.45, 2.75) is 37.0 Å². The maximum Gasteiger partial charge on any atom is 0.245 e. The van der Waals surface area contributed by atoms with E-state index < -0.39 is 27.2 Å². The Kier molecular flexibility index (Phi) is 7.01. The van der Waals surface area contributed by atoms with E-state index in [0.29, 0.717) is 38.2 Å². The van der Waals surface area contributed by atoms with E-state index in [-0.39, 0.29) is 35.9 Å². The number of ether oxygens (including phenoxy) is 3. The Morgan fingerprint density at radius 3 is 2.43 bits per heavy atom. The Balaban J connectivity index is 1.50. The van der Waals surface area contributed by atoms with Crippen LogP contribution in [0.1, 0.15) is 37.6 Å².